The molecule has 0 bridgehead atoms. The second-order valence-corrected chi connectivity index (χ2v) is 5.85. The summed E-state index contributed by atoms with van der Waals surface area (Å²) in [7, 11) is 0. The first-order valence-corrected chi connectivity index (χ1v) is 8.29. The minimum atomic E-state index is -0.300. The van der Waals surface area contributed by atoms with Crippen LogP contribution in [0, 0.1) is 0 Å². The van der Waals surface area contributed by atoms with Crippen molar-refractivity contribution < 1.29 is 9.59 Å². The third-order valence-corrected chi connectivity index (χ3v) is 4.07. The van der Waals surface area contributed by atoms with Crippen LogP contribution < -0.4 is 5.32 Å². The molecule has 0 fully saturated rings. The van der Waals surface area contributed by atoms with Crippen molar-refractivity contribution in [3.63, 3.8) is 0 Å². The molecule has 0 saturated carbocycles. The van der Waals surface area contributed by atoms with E-state index in [1.165, 1.54) is 0 Å². The summed E-state index contributed by atoms with van der Waals surface area (Å²) in [5, 5.41) is 3.34. The summed E-state index contributed by atoms with van der Waals surface area (Å²) in [5.41, 5.74) is 1.88. The van der Waals surface area contributed by atoms with Crippen LogP contribution >= 0.6 is 11.6 Å². The first kappa shape index (κ1) is 18.0. The molecule has 5 heteroatoms. The minimum Gasteiger partial charge on any atom is -0.352 e. The lowest BCUT2D eigenvalue weighted by Crippen LogP contribution is -2.35. The van der Waals surface area contributed by atoms with Crippen molar-refractivity contribution in [3.8, 4) is 0 Å². The lowest BCUT2D eigenvalue weighted by atomic mass is 10.2. The van der Waals surface area contributed by atoms with Crippen LogP contribution in [0.15, 0.2) is 54.6 Å². The first-order chi connectivity index (χ1) is 11.6. The van der Waals surface area contributed by atoms with Gasteiger partial charge in [-0.3, -0.25) is 9.59 Å². The standard InChI is InChI=1S/C19H21ClN2O2/c1-2-22(14-15-8-4-3-5-9-15)19(24)12-18(23)21-13-16-10-6-7-11-17(16)20/h3-11H,2,12-14H2,1H3,(H,21,23). The molecule has 0 atom stereocenters. The van der Waals surface area contributed by atoms with Gasteiger partial charge in [-0.05, 0) is 24.1 Å². The summed E-state index contributed by atoms with van der Waals surface area (Å²) in [6.45, 7) is 3.29. The maximum absolute atomic E-state index is 12.3. The highest BCUT2D eigenvalue weighted by molar-refractivity contribution is 6.31. The van der Waals surface area contributed by atoms with Gasteiger partial charge >= 0.3 is 0 Å². The number of benzene rings is 2. The number of carbonyl (C=O) groups excluding carboxylic acids is 2. The largest absolute Gasteiger partial charge is 0.352 e. The average Bonchev–Trinajstić information content (AvgIpc) is 2.59. The quantitative estimate of drug-likeness (QED) is 0.783. The van der Waals surface area contributed by atoms with Crippen LogP contribution in [0.5, 0.6) is 0 Å². The number of rotatable bonds is 7. The average molecular weight is 345 g/mol. The highest BCUT2D eigenvalue weighted by atomic mass is 35.5. The summed E-state index contributed by atoms with van der Waals surface area (Å²) in [6.07, 6.45) is -0.162. The van der Waals surface area contributed by atoms with Crippen LogP contribution in [0.3, 0.4) is 0 Å². The molecule has 0 heterocycles. The van der Waals surface area contributed by atoms with Crippen molar-refractivity contribution in [1.82, 2.24) is 10.2 Å². The van der Waals surface area contributed by atoms with E-state index >= 15 is 0 Å². The van der Waals surface area contributed by atoms with E-state index in [2.05, 4.69) is 5.32 Å². The van der Waals surface area contributed by atoms with Gasteiger partial charge in [0.05, 0.1) is 0 Å². The molecule has 1 N–H and O–H groups in total. The molecule has 2 aromatic carbocycles. The van der Waals surface area contributed by atoms with E-state index in [-0.39, 0.29) is 18.2 Å². The van der Waals surface area contributed by atoms with Gasteiger partial charge in [0.15, 0.2) is 0 Å². The zero-order chi connectivity index (χ0) is 17.4. The van der Waals surface area contributed by atoms with Crippen LogP contribution in [0.1, 0.15) is 24.5 Å². The van der Waals surface area contributed by atoms with Crippen molar-refractivity contribution in [2.75, 3.05) is 6.54 Å². The van der Waals surface area contributed by atoms with Gasteiger partial charge in [0, 0.05) is 24.7 Å². The van der Waals surface area contributed by atoms with E-state index in [1.54, 1.807) is 11.0 Å². The number of hydrogen-bond acceptors (Lipinski definition) is 2. The highest BCUT2D eigenvalue weighted by Gasteiger charge is 2.16. The summed E-state index contributed by atoms with van der Waals surface area (Å²) in [5.74, 6) is -0.482. The molecule has 2 amide bonds. The SMILES string of the molecule is CCN(Cc1ccccc1)C(=O)CC(=O)NCc1ccccc1Cl. The number of carbonyl (C=O) groups is 2. The van der Waals surface area contributed by atoms with E-state index < -0.39 is 0 Å². The smallest absolute Gasteiger partial charge is 0.232 e. The molecule has 24 heavy (non-hydrogen) atoms. The lowest BCUT2D eigenvalue weighted by molar-refractivity contribution is -0.136. The normalized spacial score (nSPS) is 10.2. The molecule has 0 saturated heterocycles. The minimum absolute atomic E-state index is 0.162. The highest BCUT2D eigenvalue weighted by Crippen LogP contribution is 2.14. The molecule has 2 aromatic rings. The Hall–Kier alpha value is -2.33. The summed E-state index contributed by atoms with van der Waals surface area (Å²) >= 11 is 6.05. The Balaban J connectivity index is 1.85. The fourth-order valence-electron chi connectivity index (χ4n) is 2.33. The molecule has 126 valence electrons. The Labute approximate surface area is 147 Å². The van der Waals surface area contributed by atoms with Crippen LogP contribution in [-0.4, -0.2) is 23.3 Å². The molecule has 0 aliphatic rings. The number of nitrogens with zero attached hydrogens (tertiary/aromatic N) is 1. The summed E-state index contributed by atoms with van der Waals surface area (Å²) in [6, 6.07) is 17.0. The lowest BCUT2D eigenvalue weighted by Gasteiger charge is -2.21. The third-order valence-electron chi connectivity index (χ3n) is 3.70. The van der Waals surface area contributed by atoms with Gasteiger partial charge in [-0.1, -0.05) is 60.1 Å². The number of halogens is 1. The predicted molar refractivity (Wildman–Crippen MR) is 95.4 cm³/mol. The number of nitrogens with one attached hydrogen (secondary N) is 1. The van der Waals surface area contributed by atoms with E-state index in [1.807, 2.05) is 55.5 Å². The summed E-state index contributed by atoms with van der Waals surface area (Å²) in [4.78, 5) is 26.0. The molecule has 0 aliphatic carbocycles. The van der Waals surface area contributed by atoms with Gasteiger partial charge in [0.25, 0.3) is 0 Å². The Morgan fingerprint density at radius 3 is 2.38 bits per heavy atom. The summed E-state index contributed by atoms with van der Waals surface area (Å²) < 4.78 is 0. The van der Waals surface area contributed by atoms with Crippen molar-refractivity contribution in [2.45, 2.75) is 26.4 Å². The Kier molecular flexibility index (Phi) is 6.82. The van der Waals surface area contributed by atoms with Crippen molar-refractivity contribution in [2.24, 2.45) is 0 Å². The molecular formula is C19H21ClN2O2. The molecule has 0 radical (unpaired) electrons. The zero-order valence-electron chi connectivity index (χ0n) is 13.7. The van der Waals surface area contributed by atoms with Gasteiger partial charge < -0.3 is 10.2 Å². The van der Waals surface area contributed by atoms with Crippen molar-refractivity contribution in [3.05, 3.63) is 70.7 Å². The topological polar surface area (TPSA) is 49.4 Å². The third kappa shape index (κ3) is 5.39. The van der Waals surface area contributed by atoms with Crippen molar-refractivity contribution >= 4 is 23.4 Å². The number of hydrogen-bond donors (Lipinski definition) is 1. The van der Waals surface area contributed by atoms with E-state index in [4.69, 9.17) is 11.6 Å². The second kappa shape index (κ2) is 9.08. The molecule has 0 aromatic heterocycles. The predicted octanol–water partition coefficient (Wildman–Crippen LogP) is 3.40. The maximum atomic E-state index is 12.3. The molecule has 0 spiro atoms. The molecular weight excluding hydrogens is 324 g/mol. The fourth-order valence-corrected chi connectivity index (χ4v) is 2.53. The van der Waals surface area contributed by atoms with Crippen LogP contribution in [0.25, 0.3) is 0 Å². The van der Waals surface area contributed by atoms with Crippen LogP contribution in [0.4, 0.5) is 0 Å². The first-order valence-electron chi connectivity index (χ1n) is 7.92. The van der Waals surface area contributed by atoms with Gasteiger partial charge in [-0.15, -0.1) is 0 Å². The fraction of sp³-hybridized carbons (Fsp3) is 0.263. The second-order valence-electron chi connectivity index (χ2n) is 5.44. The molecule has 0 aliphatic heterocycles. The molecule has 4 nitrogen and oxygen atoms in total. The van der Waals surface area contributed by atoms with Gasteiger partial charge in [0.1, 0.15) is 6.42 Å². The van der Waals surface area contributed by atoms with Crippen LogP contribution in [-0.2, 0) is 22.7 Å². The van der Waals surface area contributed by atoms with Gasteiger partial charge in [-0.2, -0.15) is 0 Å². The monoisotopic (exact) mass is 344 g/mol. The van der Waals surface area contributed by atoms with Gasteiger partial charge in [-0.25, -0.2) is 0 Å². The Morgan fingerprint density at radius 1 is 1.04 bits per heavy atom. The van der Waals surface area contributed by atoms with Crippen molar-refractivity contribution in [1.29, 1.82) is 0 Å². The Bertz CT molecular complexity index is 689. The van der Waals surface area contributed by atoms with E-state index in [9.17, 15) is 9.59 Å². The maximum Gasteiger partial charge on any atom is 0.232 e. The van der Waals surface area contributed by atoms with E-state index in [0.717, 1.165) is 11.1 Å². The zero-order valence-corrected chi connectivity index (χ0v) is 14.4. The van der Waals surface area contributed by atoms with Gasteiger partial charge in [0.2, 0.25) is 11.8 Å². The Morgan fingerprint density at radius 2 is 1.71 bits per heavy atom. The molecule has 2 rings (SSSR count). The number of amides is 2. The molecule has 0 unspecified atom stereocenters. The van der Waals surface area contributed by atoms with Crippen LogP contribution in [0.2, 0.25) is 5.02 Å². The van der Waals surface area contributed by atoms with E-state index in [0.29, 0.717) is 24.7 Å².